The number of piperidine rings is 1. The molecule has 1 atom stereocenters. The largest absolute Gasteiger partial charge is 0.342 e. The van der Waals surface area contributed by atoms with Gasteiger partial charge in [0, 0.05) is 49.6 Å². The van der Waals surface area contributed by atoms with Crippen LogP contribution < -0.4 is 0 Å². The second kappa shape index (κ2) is 8.59. The number of carbonyl (C=O) groups is 1. The van der Waals surface area contributed by atoms with Gasteiger partial charge in [-0.2, -0.15) is 0 Å². The lowest BCUT2D eigenvalue weighted by Crippen LogP contribution is -2.39. The molecule has 8 heteroatoms. The highest BCUT2D eigenvalue weighted by Crippen LogP contribution is 2.32. The van der Waals surface area contributed by atoms with Crippen molar-refractivity contribution in [2.75, 3.05) is 13.1 Å². The van der Waals surface area contributed by atoms with Crippen molar-refractivity contribution in [2.24, 2.45) is 0 Å². The summed E-state index contributed by atoms with van der Waals surface area (Å²) in [4.78, 5) is 27.9. The number of benzene rings is 1. The number of likely N-dealkylation sites (tertiary alicyclic amines) is 1. The third-order valence-corrected chi connectivity index (χ3v) is 5.85. The number of nitrogens with zero attached hydrogens (tertiary/aromatic N) is 7. The fourth-order valence-corrected chi connectivity index (χ4v) is 4.29. The normalized spacial score (nSPS) is 16.5. The topological polar surface area (TPSA) is 89.7 Å². The van der Waals surface area contributed by atoms with E-state index >= 15 is 0 Å². The van der Waals surface area contributed by atoms with Gasteiger partial charge in [0.05, 0.1) is 17.8 Å². The van der Waals surface area contributed by atoms with Crippen molar-refractivity contribution < 1.29 is 4.79 Å². The van der Waals surface area contributed by atoms with Crippen molar-refractivity contribution in [3.63, 3.8) is 0 Å². The van der Waals surface area contributed by atoms with E-state index in [1.165, 1.54) is 0 Å². The van der Waals surface area contributed by atoms with E-state index in [0.717, 1.165) is 47.2 Å². The molecule has 0 N–H and O–H groups in total. The summed E-state index contributed by atoms with van der Waals surface area (Å²) in [5, 5.41) is 8.36. The van der Waals surface area contributed by atoms with Crippen LogP contribution >= 0.6 is 0 Å². The van der Waals surface area contributed by atoms with Crippen molar-refractivity contribution >= 4 is 16.9 Å². The lowest BCUT2D eigenvalue weighted by molar-refractivity contribution is -0.132. The molecular formula is C23H23N7O. The first-order chi connectivity index (χ1) is 15.3. The van der Waals surface area contributed by atoms with Crippen LogP contribution in [0.3, 0.4) is 0 Å². The second-order valence-electron chi connectivity index (χ2n) is 7.79. The van der Waals surface area contributed by atoms with Crippen LogP contribution in [0.25, 0.3) is 22.2 Å². The summed E-state index contributed by atoms with van der Waals surface area (Å²) < 4.78 is 1.81. The highest BCUT2D eigenvalue weighted by atomic mass is 16.2. The molecule has 1 fully saturated rings. The summed E-state index contributed by atoms with van der Waals surface area (Å²) in [5.41, 5.74) is 4.86. The number of hydrogen-bond donors (Lipinski definition) is 0. The number of carbonyl (C=O) groups excluding carboxylic acids is 1. The maximum Gasteiger partial charge on any atom is 0.224 e. The second-order valence-corrected chi connectivity index (χ2v) is 7.79. The van der Waals surface area contributed by atoms with Gasteiger partial charge in [-0.25, -0.2) is 14.6 Å². The first-order valence-electron chi connectivity index (χ1n) is 10.6. The molecule has 1 aliphatic heterocycles. The van der Waals surface area contributed by atoms with Crippen molar-refractivity contribution in [3.05, 3.63) is 67.0 Å². The zero-order valence-corrected chi connectivity index (χ0v) is 17.1. The monoisotopic (exact) mass is 413 g/mol. The van der Waals surface area contributed by atoms with Crippen LogP contribution in [0.2, 0.25) is 0 Å². The first-order valence-corrected chi connectivity index (χ1v) is 10.6. The Morgan fingerprint density at radius 2 is 1.97 bits per heavy atom. The van der Waals surface area contributed by atoms with Gasteiger partial charge in [0.1, 0.15) is 11.8 Å². The fraction of sp³-hybridized carbons (Fsp3) is 0.304. The van der Waals surface area contributed by atoms with Crippen LogP contribution in [0, 0.1) is 0 Å². The molecule has 156 valence electrons. The van der Waals surface area contributed by atoms with E-state index in [0.29, 0.717) is 19.5 Å². The average molecular weight is 413 g/mol. The van der Waals surface area contributed by atoms with Crippen LogP contribution in [-0.2, 0) is 11.3 Å². The molecule has 4 aromatic rings. The summed E-state index contributed by atoms with van der Waals surface area (Å²) in [6.45, 7) is 1.98. The van der Waals surface area contributed by atoms with Gasteiger partial charge < -0.3 is 4.90 Å². The lowest BCUT2D eigenvalue weighted by Gasteiger charge is -2.33. The van der Waals surface area contributed by atoms with E-state index < -0.39 is 0 Å². The van der Waals surface area contributed by atoms with E-state index in [1.807, 2.05) is 47.5 Å². The standard InChI is InChI=1S/C23H23N7O/c31-22(9-13-30-21-6-2-1-5-20(21)27-28-30)29-12-3-4-18(15-29)23-19(14-25-16-26-23)17-7-10-24-11-8-17/h1-2,5-8,10-11,14,16,18H,3-4,9,12-13,15H2. The van der Waals surface area contributed by atoms with Gasteiger partial charge >= 0.3 is 0 Å². The van der Waals surface area contributed by atoms with Gasteiger partial charge in [-0.15, -0.1) is 5.10 Å². The minimum Gasteiger partial charge on any atom is -0.342 e. The maximum atomic E-state index is 13.0. The summed E-state index contributed by atoms with van der Waals surface area (Å²) >= 11 is 0. The minimum absolute atomic E-state index is 0.142. The number of hydrogen-bond acceptors (Lipinski definition) is 6. The summed E-state index contributed by atoms with van der Waals surface area (Å²) in [5.74, 6) is 0.333. The van der Waals surface area contributed by atoms with Crippen molar-refractivity contribution in [3.8, 4) is 11.1 Å². The fourth-order valence-electron chi connectivity index (χ4n) is 4.29. The van der Waals surface area contributed by atoms with Gasteiger partial charge in [0.2, 0.25) is 5.91 Å². The third-order valence-electron chi connectivity index (χ3n) is 5.85. The van der Waals surface area contributed by atoms with Crippen LogP contribution in [0.5, 0.6) is 0 Å². The molecule has 1 amide bonds. The molecule has 0 aliphatic carbocycles. The van der Waals surface area contributed by atoms with E-state index in [4.69, 9.17) is 0 Å². The highest BCUT2D eigenvalue weighted by Gasteiger charge is 2.27. The SMILES string of the molecule is O=C(CCn1nnc2ccccc21)N1CCCC(c2ncncc2-c2ccncc2)C1. The molecule has 31 heavy (non-hydrogen) atoms. The summed E-state index contributed by atoms with van der Waals surface area (Å²) in [6.07, 6.45) is 9.37. The van der Waals surface area contributed by atoms with E-state index in [2.05, 4.69) is 25.3 Å². The molecule has 0 bridgehead atoms. The Hall–Kier alpha value is -3.68. The van der Waals surface area contributed by atoms with Gasteiger partial charge in [0.15, 0.2) is 0 Å². The zero-order chi connectivity index (χ0) is 21.0. The molecule has 1 aliphatic rings. The van der Waals surface area contributed by atoms with E-state index in [1.54, 1.807) is 23.4 Å². The first kappa shape index (κ1) is 19.3. The predicted molar refractivity (Wildman–Crippen MR) is 116 cm³/mol. The number of amides is 1. The third kappa shape index (κ3) is 4.01. The Balaban J connectivity index is 1.29. The lowest BCUT2D eigenvalue weighted by atomic mass is 9.90. The number of fused-ring (bicyclic) bond motifs is 1. The highest BCUT2D eigenvalue weighted by molar-refractivity contribution is 5.77. The molecule has 0 spiro atoms. The zero-order valence-electron chi connectivity index (χ0n) is 17.1. The Morgan fingerprint density at radius 1 is 1.10 bits per heavy atom. The quantitative estimate of drug-likeness (QED) is 0.499. The van der Waals surface area contributed by atoms with Crippen LogP contribution in [0.1, 0.15) is 30.9 Å². The Labute approximate surface area is 180 Å². The number of pyridine rings is 1. The van der Waals surface area contributed by atoms with Gasteiger partial charge in [-0.05, 0) is 42.7 Å². The number of para-hydroxylation sites is 1. The molecule has 1 unspecified atom stereocenters. The van der Waals surface area contributed by atoms with Crippen molar-refractivity contribution in [1.29, 1.82) is 0 Å². The van der Waals surface area contributed by atoms with E-state index in [-0.39, 0.29) is 11.8 Å². The molecule has 1 saturated heterocycles. The Bertz CT molecular complexity index is 1190. The molecule has 3 aromatic heterocycles. The van der Waals surface area contributed by atoms with Gasteiger partial charge in [-0.1, -0.05) is 17.3 Å². The van der Waals surface area contributed by atoms with Crippen molar-refractivity contribution in [2.45, 2.75) is 31.7 Å². The summed E-state index contributed by atoms with van der Waals surface area (Å²) in [7, 11) is 0. The Kier molecular flexibility index (Phi) is 5.35. The molecule has 0 radical (unpaired) electrons. The van der Waals surface area contributed by atoms with Crippen LogP contribution in [0.15, 0.2) is 61.3 Å². The minimum atomic E-state index is 0.142. The molecule has 0 saturated carbocycles. The Morgan fingerprint density at radius 3 is 2.87 bits per heavy atom. The van der Waals surface area contributed by atoms with Crippen molar-refractivity contribution in [1.82, 2.24) is 34.8 Å². The van der Waals surface area contributed by atoms with E-state index in [9.17, 15) is 4.79 Å². The number of rotatable bonds is 5. The maximum absolute atomic E-state index is 13.0. The number of aromatic nitrogens is 6. The molecule has 1 aromatic carbocycles. The molecule has 4 heterocycles. The molecular weight excluding hydrogens is 390 g/mol. The predicted octanol–water partition coefficient (Wildman–Crippen LogP) is 3.08. The smallest absolute Gasteiger partial charge is 0.224 e. The molecule has 5 rings (SSSR count). The van der Waals surface area contributed by atoms with Crippen LogP contribution in [0.4, 0.5) is 0 Å². The van der Waals surface area contributed by atoms with Crippen LogP contribution in [-0.4, -0.2) is 53.8 Å². The average Bonchev–Trinajstić information content (AvgIpc) is 3.26. The summed E-state index contributed by atoms with van der Waals surface area (Å²) in [6, 6.07) is 11.7. The van der Waals surface area contributed by atoms with Gasteiger partial charge in [-0.3, -0.25) is 9.78 Å². The van der Waals surface area contributed by atoms with Gasteiger partial charge in [0.25, 0.3) is 0 Å². The molecule has 8 nitrogen and oxygen atoms in total. The number of aryl methyl sites for hydroxylation is 1.